The molecule has 0 aromatic carbocycles. The summed E-state index contributed by atoms with van der Waals surface area (Å²) in [5.41, 5.74) is -2.06. The highest BCUT2D eigenvalue weighted by atomic mass is 16.4. The molecular formula is C6H10O6. The molecule has 0 unspecified atom stereocenters. The van der Waals surface area contributed by atoms with Crippen molar-refractivity contribution in [2.24, 2.45) is 0 Å². The molecule has 0 amide bonds. The summed E-state index contributed by atoms with van der Waals surface area (Å²) in [6.07, 6.45) is -1.56. The Morgan fingerprint density at radius 3 is 1.58 bits per heavy atom. The van der Waals surface area contributed by atoms with Gasteiger partial charge in [-0.25, -0.2) is 0 Å². The van der Waals surface area contributed by atoms with E-state index in [2.05, 4.69) is 0 Å². The normalized spacial score (nSPS) is 11.2. The van der Waals surface area contributed by atoms with Gasteiger partial charge in [0.05, 0.1) is 19.4 Å². The van der Waals surface area contributed by atoms with Crippen LogP contribution >= 0.6 is 0 Å². The number of hydrogen-bond acceptors (Lipinski definition) is 4. The van der Waals surface area contributed by atoms with Gasteiger partial charge in [-0.2, -0.15) is 0 Å². The third-order valence-corrected chi connectivity index (χ3v) is 1.25. The summed E-state index contributed by atoms with van der Waals surface area (Å²) < 4.78 is 0. The van der Waals surface area contributed by atoms with Crippen molar-refractivity contribution in [1.82, 2.24) is 0 Å². The fourth-order valence-corrected chi connectivity index (χ4v) is 0.737. The molecule has 0 saturated heterocycles. The summed E-state index contributed by atoms with van der Waals surface area (Å²) in [6, 6.07) is 0. The first kappa shape index (κ1) is 10.9. The fourth-order valence-electron chi connectivity index (χ4n) is 0.737. The Hall–Kier alpha value is -1.14. The van der Waals surface area contributed by atoms with Crippen LogP contribution in [0.25, 0.3) is 0 Å². The van der Waals surface area contributed by atoms with Crippen LogP contribution in [0.15, 0.2) is 0 Å². The summed E-state index contributed by atoms with van der Waals surface area (Å²) in [5.74, 6) is -2.71. The van der Waals surface area contributed by atoms with Gasteiger partial charge in [0, 0.05) is 0 Å². The van der Waals surface area contributed by atoms with E-state index in [9.17, 15) is 9.59 Å². The SMILES string of the molecule is O=C(O)CC(O)(CO)CC(=O)O. The maximum atomic E-state index is 10.1. The van der Waals surface area contributed by atoms with Gasteiger partial charge < -0.3 is 20.4 Å². The van der Waals surface area contributed by atoms with Crippen LogP contribution in [0.2, 0.25) is 0 Å². The molecule has 0 atom stereocenters. The summed E-state index contributed by atoms with van der Waals surface area (Å²) in [6.45, 7) is -0.883. The second-order valence-corrected chi connectivity index (χ2v) is 2.52. The molecule has 0 bridgehead atoms. The number of aliphatic hydroxyl groups is 2. The third kappa shape index (κ3) is 3.89. The standard InChI is InChI=1S/C6H10O6/c7-3-6(12,1-4(8)9)2-5(10)11/h7,12H,1-3H2,(H,8,9)(H,10,11). The predicted molar refractivity (Wildman–Crippen MR) is 36.5 cm³/mol. The van der Waals surface area contributed by atoms with Gasteiger partial charge in [0.1, 0.15) is 5.60 Å². The number of carboxylic acid groups (broad SMARTS) is 2. The Morgan fingerprint density at radius 2 is 1.42 bits per heavy atom. The minimum atomic E-state index is -2.06. The first-order valence-corrected chi connectivity index (χ1v) is 3.16. The molecule has 0 aromatic heterocycles. The van der Waals surface area contributed by atoms with Gasteiger partial charge in [-0.1, -0.05) is 0 Å². The van der Waals surface area contributed by atoms with Crippen LogP contribution in [0, 0.1) is 0 Å². The van der Waals surface area contributed by atoms with E-state index in [1.54, 1.807) is 0 Å². The molecule has 0 aliphatic rings. The van der Waals surface area contributed by atoms with E-state index in [-0.39, 0.29) is 0 Å². The second-order valence-electron chi connectivity index (χ2n) is 2.52. The molecule has 0 saturated carbocycles. The van der Waals surface area contributed by atoms with Crippen LogP contribution in [-0.2, 0) is 9.59 Å². The summed E-state index contributed by atoms with van der Waals surface area (Å²) in [7, 11) is 0. The van der Waals surface area contributed by atoms with Crippen molar-refractivity contribution >= 4 is 11.9 Å². The lowest BCUT2D eigenvalue weighted by atomic mass is 9.97. The molecule has 0 heterocycles. The van der Waals surface area contributed by atoms with Crippen LogP contribution in [0.3, 0.4) is 0 Å². The molecule has 4 N–H and O–H groups in total. The molecule has 12 heavy (non-hydrogen) atoms. The van der Waals surface area contributed by atoms with E-state index in [0.29, 0.717) is 0 Å². The van der Waals surface area contributed by atoms with Crippen LogP contribution in [0.5, 0.6) is 0 Å². The van der Waals surface area contributed by atoms with Crippen LogP contribution in [0.4, 0.5) is 0 Å². The highest BCUT2D eigenvalue weighted by molar-refractivity contribution is 5.72. The lowest BCUT2D eigenvalue weighted by Gasteiger charge is -2.20. The Morgan fingerprint density at radius 1 is 1.08 bits per heavy atom. The molecule has 0 aliphatic carbocycles. The predicted octanol–water partition coefficient (Wildman–Crippen LogP) is -1.34. The Balaban J connectivity index is 4.23. The lowest BCUT2D eigenvalue weighted by molar-refractivity contribution is -0.151. The monoisotopic (exact) mass is 178 g/mol. The second kappa shape index (κ2) is 4.03. The number of aliphatic hydroxyl groups excluding tert-OH is 1. The zero-order valence-corrected chi connectivity index (χ0v) is 6.23. The highest BCUT2D eigenvalue weighted by Crippen LogP contribution is 2.14. The van der Waals surface area contributed by atoms with Crippen molar-refractivity contribution in [3.63, 3.8) is 0 Å². The van der Waals surface area contributed by atoms with Gasteiger partial charge in [-0.3, -0.25) is 9.59 Å². The number of aliphatic carboxylic acids is 2. The highest BCUT2D eigenvalue weighted by Gasteiger charge is 2.32. The summed E-state index contributed by atoms with van der Waals surface area (Å²) >= 11 is 0. The largest absolute Gasteiger partial charge is 0.481 e. The van der Waals surface area contributed by atoms with Gasteiger partial charge in [0.2, 0.25) is 0 Å². The van der Waals surface area contributed by atoms with E-state index in [1.165, 1.54) is 0 Å². The quantitative estimate of drug-likeness (QED) is 0.414. The zero-order chi connectivity index (χ0) is 9.78. The molecular weight excluding hydrogens is 168 g/mol. The zero-order valence-electron chi connectivity index (χ0n) is 6.23. The molecule has 6 heteroatoms. The average Bonchev–Trinajstić information content (AvgIpc) is 1.83. The Kier molecular flexibility index (Phi) is 3.65. The number of carbonyl (C=O) groups is 2. The molecule has 0 aliphatic heterocycles. The van der Waals surface area contributed by atoms with Gasteiger partial charge in [-0.05, 0) is 0 Å². The van der Waals surface area contributed by atoms with E-state index >= 15 is 0 Å². The molecule has 0 radical (unpaired) electrons. The number of hydrogen-bond donors (Lipinski definition) is 4. The molecule has 0 spiro atoms. The summed E-state index contributed by atoms with van der Waals surface area (Å²) in [4.78, 5) is 20.2. The average molecular weight is 178 g/mol. The minimum Gasteiger partial charge on any atom is -0.481 e. The van der Waals surface area contributed by atoms with Crippen LogP contribution in [0.1, 0.15) is 12.8 Å². The van der Waals surface area contributed by atoms with Gasteiger partial charge in [-0.15, -0.1) is 0 Å². The minimum absolute atomic E-state index is 0.782. The molecule has 70 valence electrons. The van der Waals surface area contributed by atoms with E-state index < -0.39 is 37.0 Å². The van der Waals surface area contributed by atoms with Crippen molar-refractivity contribution in [1.29, 1.82) is 0 Å². The van der Waals surface area contributed by atoms with Gasteiger partial charge in [0.15, 0.2) is 0 Å². The van der Waals surface area contributed by atoms with Crippen LogP contribution in [-0.4, -0.2) is 44.6 Å². The van der Waals surface area contributed by atoms with Crippen molar-refractivity contribution in [2.45, 2.75) is 18.4 Å². The molecule has 0 aromatic rings. The van der Waals surface area contributed by atoms with Crippen molar-refractivity contribution in [2.75, 3.05) is 6.61 Å². The Bertz CT molecular complexity index is 170. The molecule has 0 rings (SSSR count). The number of rotatable bonds is 5. The van der Waals surface area contributed by atoms with Crippen molar-refractivity contribution in [3.05, 3.63) is 0 Å². The van der Waals surface area contributed by atoms with Gasteiger partial charge in [0.25, 0.3) is 0 Å². The number of carboxylic acids is 2. The van der Waals surface area contributed by atoms with Gasteiger partial charge >= 0.3 is 11.9 Å². The smallest absolute Gasteiger partial charge is 0.306 e. The molecule has 0 fully saturated rings. The van der Waals surface area contributed by atoms with E-state index in [0.717, 1.165) is 0 Å². The first-order valence-electron chi connectivity index (χ1n) is 3.16. The van der Waals surface area contributed by atoms with E-state index in [1.807, 2.05) is 0 Å². The molecule has 6 nitrogen and oxygen atoms in total. The third-order valence-electron chi connectivity index (χ3n) is 1.25. The van der Waals surface area contributed by atoms with Crippen LogP contribution < -0.4 is 0 Å². The summed E-state index contributed by atoms with van der Waals surface area (Å²) in [5, 5.41) is 34.1. The lowest BCUT2D eigenvalue weighted by Crippen LogP contribution is -2.38. The first-order chi connectivity index (χ1) is 5.39. The Labute approximate surface area is 68.1 Å². The maximum Gasteiger partial charge on any atom is 0.306 e. The fraction of sp³-hybridized carbons (Fsp3) is 0.667. The maximum absolute atomic E-state index is 10.1. The topological polar surface area (TPSA) is 115 Å². The van der Waals surface area contributed by atoms with Crippen molar-refractivity contribution < 1.29 is 30.0 Å². The van der Waals surface area contributed by atoms with Crippen molar-refractivity contribution in [3.8, 4) is 0 Å². The van der Waals surface area contributed by atoms with E-state index in [4.69, 9.17) is 20.4 Å².